The predicted octanol–water partition coefficient (Wildman–Crippen LogP) is 6.63. The fraction of sp³-hybridized carbons (Fsp3) is 0.103. The molecule has 0 radical (unpaired) electrons. The van der Waals surface area contributed by atoms with E-state index in [-0.39, 0.29) is 17.2 Å². The summed E-state index contributed by atoms with van der Waals surface area (Å²) in [6.45, 7) is 0. The molecule has 0 aromatic heterocycles. The van der Waals surface area contributed by atoms with Crippen LogP contribution in [0.2, 0.25) is 0 Å². The van der Waals surface area contributed by atoms with Crippen LogP contribution in [0, 0.1) is 5.82 Å². The van der Waals surface area contributed by atoms with E-state index in [1.807, 2.05) is 47.4 Å². The average Bonchev–Trinajstić information content (AvgIpc) is 3.05. The smallest absolute Gasteiger partial charge is 0.258 e. The molecule has 5 rings (SSSR count). The van der Waals surface area contributed by atoms with E-state index in [2.05, 4.69) is 17.4 Å². The highest BCUT2D eigenvalue weighted by Gasteiger charge is 2.25. The summed E-state index contributed by atoms with van der Waals surface area (Å²) >= 11 is 1.40. The van der Waals surface area contributed by atoms with Crippen molar-refractivity contribution in [3.63, 3.8) is 0 Å². The number of anilines is 3. The molecule has 0 atom stereocenters. The van der Waals surface area contributed by atoms with Gasteiger partial charge >= 0.3 is 0 Å². The van der Waals surface area contributed by atoms with Crippen molar-refractivity contribution < 1.29 is 14.0 Å². The lowest BCUT2D eigenvalue weighted by Gasteiger charge is -2.25. The molecule has 0 bridgehead atoms. The third-order valence-electron chi connectivity index (χ3n) is 5.95. The van der Waals surface area contributed by atoms with Crippen molar-refractivity contribution in [2.45, 2.75) is 17.7 Å². The molecule has 0 fully saturated rings. The Labute approximate surface area is 207 Å². The maximum Gasteiger partial charge on any atom is 0.258 e. The highest BCUT2D eigenvalue weighted by atomic mass is 32.2. The van der Waals surface area contributed by atoms with Gasteiger partial charge in [0.2, 0.25) is 5.91 Å². The van der Waals surface area contributed by atoms with Crippen LogP contribution in [0.5, 0.6) is 0 Å². The van der Waals surface area contributed by atoms with Crippen molar-refractivity contribution in [2.75, 3.05) is 16.0 Å². The number of carbonyl (C=O) groups excluding carboxylic acids is 2. The summed E-state index contributed by atoms with van der Waals surface area (Å²) in [6, 6.07) is 29.2. The van der Waals surface area contributed by atoms with Gasteiger partial charge in [-0.25, -0.2) is 4.39 Å². The van der Waals surface area contributed by atoms with Gasteiger partial charge in [-0.2, -0.15) is 0 Å². The van der Waals surface area contributed by atoms with E-state index in [9.17, 15) is 14.0 Å². The van der Waals surface area contributed by atoms with Crippen molar-refractivity contribution in [3.05, 3.63) is 120 Å². The Balaban J connectivity index is 1.33. The van der Waals surface area contributed by atoms with E-state index in [1.165, 1.54) is 23.9 Å². The van der Waals surface area contributed by atoms with Gasteiger partial charge in [-0.1, -0.05) is 54.6 Å². The van der Waals surface area contributed by atoms with Crippen LogP contribution < -0.4 is 10.2 Å². The van der Waals surface area contributed by atoms with Crippen LogP contribution in [0.3, 0.4) is 0 Å². The Morgan fingerprint density at radius 1 is 0.800 bits per heavy atom. The zero-order valence-electron chi connectivity index (χ0n) is 18.9. The standard InChI is InChI=1S/C29H23FN2O2S/c30-25-13-4-3-12-24(25)29(34)31-22-10-7-11-23(18-22)35-19-28(33)32-26-14-5-1-8-20(26)16-17-21-9-2-6-15-27(21)32/h1-15,18H,16-17,19H2,(H,31,34). The number of amides is 2. The molecule has 0 aliphatic carbocycles. The first-order chi connectivity index (χ1) is 17.1. The molecular formula is C29H23FN2O2S. The number of para-hydroxylation sites is 2. The van der Waals surface area contributed by atoms with Gasteiger partial charge < -0.3 is 5.32 Å². The van der Waals surface area contributed by atoms with Gasteiger partial charge in [-0.05, 0) is 66.4 Å². The summed E-state index contributed by atoms with van der Waals surface area (Å²) in [4.78, 5) is 28.7. The Hall–Kier alpha value is -3.90. The van der Waals surface area contributed by atoms with E-state index < -0.39 is 11.7 Å². The summed E-state index contributed by atoms with van der Waals surface area (Å²) in [6.07, 6.45) is 1.77. The summed E-state index contributed by atoms with van der Waals surface area (Å²) in [7, 11) is 0. The highest BCUT2D eigenvalue weighted by Crippen LogP contribution is 2.37. The van der Waals surface area contributed by atoms with Crippen LogP contribution in [0.1, 0.15) is 21.5 Å². The highest BCUT2D eigenvalue weighted by molar-refractivity contribution is 8.00. The number of hydrogen-bond acceptors (Lipinski definition) is 3. The monoisotopic (exact) mass is 482 g/mol. The largest absolute Gasteiger partial charge is 0.322 e. The van der Waals surface area contributed by atoms with E-state index in [4.69, 9.17) is 0 Å². The number of hydrogen-bond donors (Lipinski definition) is 1. The SMILES string of the molecule is O=C(Nc1cccc(SCC(=O)N2c3ccccc3CCc3ccccc32)c1)c1ccccc1F. The number of halogens is 1. The second-order valence-electron chi connectivity index (χ2n) is 8.24. The van der Waals surface area contributed by atoms with E-state index in [1.54, 1.807) is 30.3 Å². The van der Waals surface area contributed by atoms with E-state index >= 15 is 0 Å². The lowest BCUT2D eigenvalue weighted by atomic mass is 10.0. The summed E-state index contributed by atoms with van der Waals surface area (Å²) in [5.74, 6) is -0.872. The quantitative estimate of drug-likeness (QED) is 0.325. The minimum atomic E-state index is -0.570. The van der Waals surface area contributed by atoms with Crippen LogP contribution in [0.25, 0.3) is 0 Å². The van der Waals surface area contributed by atoms with Gasteiger partial charge in [0.25, 0.3) is 5.91 Å². The Bertz CT molecular complexity index is 1360. The molecule has 4 aromatic rings. The number of nitrogens with one attached hydrogen (secondary N) is 1. The van der Waals surface area contributed by atoms with Crippen LogP contribution in [-0.4, -0.2) is 17.6 Å². The molecule has 4 nitrogen and oxygen atoms in total. The van der Waals surface area contributed by atoms with Crippen molar-refractivity contribution in [2.24, 2.45) is 0 Å². The maximum atomic E-state index is 13.9. The zero-order chi connectivity index (χ0) is 24.2. The Morgan fingerprint density at radius 2 is 1.43 bits per heavy atom. The average molecular weight is 483 g/mol. The van der Waals surface area contributed by atoms with E-state index in [0.717, 1.165) is 40.2 Å². The molecule has 1 aliphatic rings. The minimum Gasteiger partial charge on any atom is -0.322 e. The second-order valence-corrected chi connectivity index (χ2v) is 9.29. The molecule has 0 saturated carbocycles. The van der Waals surface area contributed by atoms with Crippen LogP contribution in [-0.2, 0) is 17.6 Å². The van der Waals surface area contributed by atoms with Crippen molar-refractivity contribution in [3.8, 4) is 0 Å². The molecule has 2 amide bonds. The van der Waals surface area contributed by atoms with Crippen molar-refractivity contribution >= 4 is 40.6 Å². The normalized spacial score (nSPS) is 12.3. The number of thioether (sulfide) groups is 1. The first-order valence-corrected chi connectivity index (χ1v) is 12.4. The lowest BCUT2D eigenvalue weighted by Crippen LogP contribution is -2.28. The van der Waals surface area contributed by atoms with Gasteiger partial charge in [-0.15, -0.1) is 11.8 Å². The van der Waals surface area contributed by atoms with Gasteiger partial charge in [0.1, 0.15) is 5.82 Å². The summed E-state index contributed by atoms with van der Waals surface area (Å²) in [5.41, 5.74) is 4.68. The third-order valence-corrected chi connectivity index (χ3v) is 6.93. The number of rotatable bonds is 5. The molecule has 0 unspecified atom stereocenters. The number of benzene rings is 4. The van der Waals surface area contributed by atoms with Crippen LogP contribution >= 0.6 is 11.8 Å². The lowest BCUT2D eigenvalue weighted by molar-refractivity contribution is -0.115. The van der Waals surface area contributed by atoms with Gasteiger partial charge in [0.15, 0.2) is 0 Å². The van der Waals surface area contributed by atoms with Gasteiger partial charge in [0, 0.05) is 10.6 Å². The van der Waals surface area contributed by atoms with Crippen molar-refractivity contribution in [1.29, 1.82) is 0 Å². The number of nitrogens with zero attached hydrogens (tertiary/aromatic N) is 1. The van der Waals surface area contributed by atoms with E-state index in [0.29, 0.717) is 5.69 Å². The number of aryl methyl sites for hydroxylation is 2. The molecule has 35 heavy (non-hydrogen) atoms. The molecule has 174 valence electrons. The predicted molar refractivity (Wildman–Crippen MR) is 139 cm³/mol. The third kappa shape index (κ3) is 4.98. The molecule has 1 N–H and O–H groups in total. The molecular weight excluding hydrogens is 459 g/mol. The first kappa shape index (κ1) is 22.9. The van der Waals surface area contributed by atoms with Gasteiger partial charge in [-0.3, -0.25) is 14.5 Å². The molecule has 1 heterocycles. The first-order valence-electron chi connectivity index (χ1n) is 11.4. The second kappa shape index (κ2) is 10.2. The summed E-state index contributed by atoms with van der Waals surface area (Å²) < 4.78 is 13.9. The molecule has 6 heteroatoms. The fourth-order valence-electron chi connectivity index (χ4n) is 4.27. The number of carbonyl (C=O) groups is 2. The van der Waals surface area contributed by atoms with Crippen molar-refractivity contribution in [1.82, 2.24) is 0 Å². The Morgan fingerprint density at radius 3 is 2.11 bits per heavy atom. The molecule has 4 aromatic carbocycles. The zero-order valence-corrected chi connectivity index (χ0v) is 19.7. The maximum absolute atomic E-state index is 13.9. The Kier molecular flexibility index (Phi) is 6.64. The topological polar surface area (TPSA) is 49.4 Å². The van der Waals surface area contributed by atoms with Crippen LogP contribution in [0.15, 0.2) is 102 Å². The summed E-state index contributed by atoms with van der Waals surface area (Å²) in [5, 5.41) is 2.74. The van der Waals surface area contributed by atoms with Crippen LogP contribution in [0.4, 0.5) is 21.5 Å². The number of fused-ring (bicyclic) bond motifs is 2. The minimum absolute atomic E-state index is 0.0146. The van der Waals surface area contributed by atoms with Gasteiger partial charge in [0.05, 0.1) is 22.7 Å². The molecule has 1 aliphatic heterocycles. The molecule has 0 saturated heterocycles. The fourth-order valence-corrected chi connectivity index (χ4v) is 5.07. The molecule has 0 spiro atoms.